The Morgan fingerprint density at radius 3 is 2.09 bits per heavy atom. The van der Waals surface area contributed by atoms with Gasteiger partial charge in [0.25, 0.3) is 0 Å². The maximum absolute atomic E-state index is 9.35. The maximum Gasteiger partial charge on any atom is 0.115 e. The second kappa shape index (κ2) is 9.68. The molecule has 0 radical (unpaired) electrons. The number of aryl methyl sites for hydroxylation is 1. The van der Waals surface area contributed by atoms with Gasteiger partial charge >= 0.3 is 0 Å². The highest BCUT2D eigenvalue weighted by atomic mass is 32.1. The van der Waals surface area contributed by atoms with Crippen molar-refractivity contribution < 1.29 is 5.11 Å². The van der Waals surface area contributed by atoms with Gasteiger partial charge in [0.05, 0.1) is 0 Å². The van der Waals surface area contributed by atoms with E-state index in [0.717, 1.165) is 0 Å². The summed E-state index contributed by atoms with van der Waals surface area (Å²) in [5.41, 5.74) is 1.20. The van der Waals surface area contributed by atoms with E-state index in [1.54, 1.807) is 12.1 Å². The molecular weight excluding hydrogens is 288 g/mol. The summed E-state index contributed by atoms with van der Waals surface area (Å²) >= 11 is 1.89. The van der Waals surface area contributed by atoms with Crippen LogP contribution in [0.1, 0.15) is 63.2 Å². The normalized spacial score (nSPS) is 11.0. The van der Waals surface area contributed by atoms with Gasteiger partial charge in [-0.2, -0.15) is 0 Å². The van der Waals surface area contributed by atoms with E-state index in [1.807, 2.05) is 23.5 Å². The second-order valence-corrected chi connectivity index (χ2v) is 7.21. The van der Waals surface area contributed by atoms with E-state index >= 15 is 0 Å². The zero-order valence-electron chi connectivity index (χ0n) is 13.7. The molecule has 120 valence electrons. The van der Waals surface area contributed by atoms with Crippen molar-refractivity contribution in [2.24, 2.45) is 0 Å². The minimum atomic E-state index is 0.333. The summed E-state index contributed by atoms with van der Waals surface area (Å²) in [4.78, 5) is 2.78. The lowest BCUT2D eigenvalue weighted by Crippen LogP contribution is -1.83. The molecule has 0 fully saturated rings. The molecule has 1 aromatic carbocycles. The van der Waals surface area contributed by atoms with Crippen molar-refractivity contribution in [2.45, 2.75) is 64.7 Å². The Kier molecular flexibility index (Phi) is 7.51. The molecule has 0 bridgehead atoms. The van der Waals surface area contributed by atoms with Crippen molar-refractivity contribution in [1.82, 2.24) is 0 Å². The number of hydrogen-bond acceptors (Lipinski definition) is 2. The molecule has 2 rings (SSSR count). The van der Waals surface area contributed by atoms with Crippen molar-refractivity contribution >= 4 is 11.3 Å². The molecule has 0 saturated heterocycles. The van der Waals surface area contributed by atoms with Crippen LogP contribution in [0.3, 0.4) is 0 Å². The number of phenolic OH excluding ortho intramolecular Hbond substituents is 1. The molecular formula is C20H28OS. The van der Waals surface area contributed by atoms with Crippen molar-refractivity contribution in [2.75, 3.05) is 0 Å². The van der Waals surface area contributed by atoms with Gasteiger partial charge in [0.2, 0.25) is 0 Å². The van der Waals surface area contributed by atoms with Gasteiger partial charge in [-0.25, -0.2) is 0 Å². The van der Waals surface area contributed by atoms with Crippen LogP contribution < -0.4 is 0 Å². The van der Waals surface area contributed by atoms with E-state index < -0.39 is 0 Å². The third kappa shape index (κ3) is 5.84. The van der Waals surface area contributed by atoms with Gasteiger partial charge in [0.1, 0.15) is 5.75 Å². The third-order valence-corrected chi connectivity index (χ3v) is 5.28. The lowest BCUT2D eigenvalue weighted by atomic mass is 10.1. The molecule has 0 aliphatic rings. The van der Waals surface area contributed by atoms with Crippen LogP contribution in [0, 0.1) is 0 Å². The summed E-state index contributed by atoms with van der Waals surface area (Å²) in [5, 5.41) is 9.35. The van der Waals surface area contributed by atoms with Gasteiger partial charge in [-0.15, -0.1) is 11.3 Å². The molecule has 1 aromatic heterocycles. The first kappa shape index (κ1) is 17.1. The molecule has 0 amide bonds. The lowest BCUT2D eigenvalue weighted by molar-refractivity contribution is 0.475. The molecule has 0 atom stereocenters. The lowest BCUT2D eigenvalue weighted by Gasteiger charge is -2.01. The van der Waals surface area contributed by atoms with Crippen LogP contribution in [-0.2, 0) is 6.42 Å². The van der Waals surface area contributed by atoms with E-state index in [1.165, 1.54) is 73.1 Å². The predicted octanol–water partition coefficient (Wildman–Crippen LogP) is 6.80. The van der Waals surface area contributed by atoms with Crippen molar-refractivity contribution in [3.05, 3.63) is 41.3 Å². The van der Waals surface area contributed by atoms with E-state index in [9.17, 15) is 5.11 Å². The summed E-state index contributed by atoms with van der Waals surface area (Å²) in [5.74, 6) is 0.333. The number of aromatic hydroxyl groups is 1. The molecule has 1 heterocycles. The van der Waals surface area contributed by atoms with Crippen molar-refractivity contribution in [1.29, 1.82) is 0 Å². The Morgan fingerprint density at radius 1 is 0.773 bits per heavy atom. The Balaban J connectivity index is 1.66. The molecule has 0 unspecified atom stereocenters. The molecule has 0 saturated carbocycles. The number of phenols is 1. The largest absolute Gasteiger partial charge is 0.508 e. The Morgan fingerprint density at radius 2 is 1.41 bits per heavy atom. The van der Waals surface area contributed by atoms with Crippen LogP contribution in [0.2, 0.25) is 0 Å². The Hall–Kier alpha value is -1.28. The fourth-order valence-corrected chi connectivity index (χ4v) is 3.78. The van der Waals surface area contributed by atoms with E-state index in [0.29, 0.717) is 5.75 Å². The molecule has 1 N–H and O–H groups in total. The SMILES string of the molecule is CCCCCCCCCCc1ccc(-c2ccc(O)cc2)s1. The standard InChI is InChI=1S/C20H28OS/c1-2-3-4-5-6-7-8-9-10-19-15-16-20(22-19)17-11-13-18(21)14-12-17/h11-16,21H,2-10H2,1H3. The van der Waals surface area contributed by atoms with Crippen LogP contribution in [-0.4, -0.2) is 5.11 Å². The van der Waals surface area contributed by atoms with Crippen molar-refractivity contribution in [3.63, 3.8) is 0 Å². The third-order valence-electron chi connectivity index (χ3n) is 4.09. The van der Waals surface area contributed by atoms with Gasteiger partial charge in [-0.1, -0.05) is 51.9 Å². The first-order chi connectivity index (χ1) is 10.8. The zero-order chi connectivity index (χ0) is 15.6. The maximum atomic E-state index is 9.35. The van der Waals surface area contributed by atoms with E-state index in [-0.39, 0.29) is 0 Å². The summed E-state index contributed by atoms with van der Waals surface area (Å²) in [6.45, 7) is 2.27. The van der Waals surface area contributed by atoms with E-state index in [2.05, 4.69) is 19.1 Å². The van der Waals surface area contributed by atoms with Crippen LogP contribution in [0.25, 0.3) is 10.4 Å². The van der Waals surface area contributed by atoms with E-state index in [4.69, 9.17) is 0 Å². The van der Waals surface area contributed by atoms with Gasteiger partial charge in [-0.3, -0.25) is 0 Å². The highest BCUT2D eigenvalue weighted by Crippen LogP contribution is 2.30. The molecule has 0 aliphatic carbocycles. The van der Waals surface area contributed by atoms with Gasteiger partial charge < -0.3 is 5.11 Å². The first-order valence-electron chi connectivity index (χ1n) is 8.67. The number of benzene rings is 1. The van der Waals surface area contributed by atoms with Gasteiger partial charge in [0.15, 0.2) is 0 Å². The highest BCUT2D eigenvalue weighted by Gasteiger charge is 2.03. The average molecular weight is 317 g/mol. The van der Waals surface area contributed by atoms with Crippen LogP contribution in [0.5, 0.6) is 5.75 Å². The highest BCUT2D eigenvalue weighted by molar-refractivity contribution is 7.15. The molecule has 22 heavy (non-hydrogen) atoms. The van der Waals surface area contributed by atoms with Gasteiger partial charge in [0, 0.05) is 9.75 Å². The number of unbranched alkanes of at least 4 members (excludes halogenated alkanes) is 7. The minimum Gasteiger partial charge on any atom is -0.508 e. The van der Waals surface area contributed by atoms with Crippen LogP contribution in [0.15, 0.2) is 36.4 Å². The Labute approximate surface area is 139 Å². The summed E-state index contributed by atoms with van der Waals surface area (Å²) in [6, 6.07) is 12.0. The van der Waals surface area contributed by atoms with Gasteiger partial charge in [-0.05, 0) is 54.8 Å². The molecule has 2 heteroatoms. The summed E-state index contributed by atoms with van der Waals surface area (Å²) < 4.78 is 0. The number of hydrogen-bond donors (Lipinski definition) is 1. The summed E-state index contributed by atoms with van der Waals surface area (Å²) in [6.07, 6.45) is 12.2. The fraction of sp³-hybridized carbons (Fsp3) is 0.500. The fourth-order valence-electron chi connectivity index (χ4n) is 2.73. The van der Waals surface area contributed by atoms with Crippen LogP contribution in [0.4, 0.5) is 0 Å². The molecule has 0 spiro atoms. The minimum absolute atomic E-state index is 0.333. The molecule has 0 aliphatic heterocycles. The number of thiophene rings is 1. The topological polar surface area (TPSA) is 20.2 Å². The molecule has 2 aromatic rings. The average Bonchev–Trinajstić information content (AvgIpc) is 2.99. The zero-order valence-corrected chi connectivity index (χ0v) is 14.5. The Bertz CT molecular complexity index is 527. The molecule has 1 nitrogen and oxygen atoms in total. The predicted molar refractivity (Wildman–Crippen MR) is 97.7 cm³/mol. The smallest absolute Gasteiger partial charge is 0.115 e. The van der Waals surface area contributed by atoms with Crippen LogP contribution >= 0.6 is 11.3 Å². The second-order valence-electron chi connectivity index (χ2n) is 6.04. The number of rotatable bonds is 10. The summed E-state index contributed by atoms with van der Waals surface area (Å²) in [7, 11) is 0. The van der Waals surface area contributed by atoms with Crippen molar-refractivity contribution in [3.8, 4) is 16.2 Å². The quantitative estimate of drug-likeness (QED) is 0.478. The monoisotopic (exact) mass is 316 g/mol. The first-order valence-corrected chi connectivity index (χ1v) is 9.49.